The van der Waals surface area contributed by atoms with E-state index in [9.17, 15) is 0 Å². The molecular weight excluding hydrogens is 324 g/mol. The zero-order valence-corrected chi connectivity index (χ0v) is 15.2. The van der Waals surface area contributed by atoms with Crippen LogP contribution in [0.1, 0.15) is 22.6 Å². The van der Waals surface area contributed by atoms with E-state index in [1.807, 2.05) is 19.9 Å². The third-order valence-electron chi connectivity index (χ3n) is 4.95. The molecule has 0 bridgehead atoms. The molecule has 26 heavy (non-hydrogen) atoms. The lowest BCUT2D eigenvalue weighted by atomic mass is 9.88. The number of hydrogen-bond acceptors (Lipinski definition) is 5. The molecule has 5 nitrogen and oxygen atoms in total. The minimum absolute atomic E-state index is 0.558. The smallest absolute Gasteiger partial charge is 0.141 e. The summed E-state index contributed by atoms with van der Waals surface area (Å²) in [5.74, 6) is 0.769. The van der Waals surface area contributed by atoms with Crippen LogP contribution in [0.25, 0.3) is 28.3 Å². The van der Waals surface area contributed by atoms with Gasteiger partial charge in [0.25, 0.3) is 0 Å². The Morgan fingerprint density at radius 2 is 1.88 bits per heavy atom. The maximum atomic E-state index is 6.41. The van der Waals surface area contributed by atoms with E-state index in [2.05, 4.69) is 47.7 Å². The van der Waals surface area contributed by atoms with Gasteiger partial charge in [-0.2, -0.15) is 0 Å². The van der Waals surface area contributed by atoms with Crippen LogP contribution >= 0.6 is 0 Å². The second kappa shape index (κ2) is 5.95. The molecule has 0 unspecified atom stereocenters. The molecule has 1 aliphatic rings. The van der Waals surface area contributed by atoms with Crippen molar-refractivity contribution in [3.8, 4) is 22.3 Å². The zero-order chi connectivity index (χ0) is 18.4. The van der Waals surface area contributed by atoms with Crippen molar-refractivity contribution < 1.29 is 4.52 Å². The molecule has 132 valence electrons. The van der Waals surface area contributed by atoms with Crippen molar-refractivity contribution in [2.75, 3.05) is 23.3 Å². The monoisotopic (exact) mass is 346 g/mol. The van der Waals surface area contributed by atoms with Crippen molar-refractivity contribution in [1.82, 2.24) is 5.16 Å². The lowest BCUT2D eigenvalue weighted by Crippen LogP contribution is -2.07. The Hall–Kier alpha value is -3.21. The average molecular weight is 346 g/mol. The molecule has 2 heterocycles. The number of anilines is 3. The van der Waals surface area contributed by atoms with Gasteiger partial charge in [-0.1, -0.05) is 23.4 Å². The number of nitrogen functional groups attached to an aromatic ring is 2. The minimum atomic E-state index is 0.558. The molecule has 2 aromatic carbocycles. The van der Waals surface area contributed by atoms with E-state index in [0.29, 0.717) is 11.4 Å². The van der Waals surface area contributed by atoms with E-state index in [4.69, 9.17) is 16.0 Å². The molecule has 3 aromatic rings. The second-order valence-corrected chi connectivity index (χ2v) is 6.73. The summed E-state index contributed by atoms with van der Waals surface area (Å²) < 4.78 is 5.34. The third-order valence-corrected chi connectivity index (χ3v) is 4.95. The van der Waals surface area contributed by atoms with Crippen LogP contribution in [-0.2, 0) is 0 Å². The van der Waals surface area contributed by atoms with Crippen molar-refractivity contribution >= 4 is 23.1 Å². The standard InChI is InChI=1S/C21H22N4O/c1-11-6-7-18-15(5-4-8-24-18)19(11)16-9-14(10-17(22)21(16)23)20-12(2)25-26-13(20)3/h4-7,9-10,24H,8,22-23H2,1-3H3. The first kappa shape index (κ1) is 16.3. The Bertz CT molecular complexity index is 1030. The fourth-order valence-corrected chi connectivity index (χ4v) is 3.68. The number of hydrogen-bond donors (Lipinski definition) is 3. The van der Waals surface area contributed by atoms with E-state index in [0.717, 1.165) is 57.1 Å². The highest BCUT2D eigenvalue weighted by molar-refractivity contribution is 5.96. The molecule has 0 spiro atoms. The largest absolute Gasteiger partial charge is 0.397 e. The van der Waals surface area contributed by atoms with Gasteiger partial charge in [-0.15, -0.1) is 0 Å². The van der Waals surface area contributed by atoms with Crippen molar-refractivity contribution in [3.63, 3.8) is 0 Å². The third kappa shape index (κ3) is 2.44. The van der Waals surface area contributed by atoms with Gasteiger partial charge in [0.2, 0.25) is 0 Å². The minimum Gasteiger partial charge on any atom is -0.397 e. The van der Waals surface area contributed by atoms with Crippen molar-refractivity contribution in [3.05, 3.63) is 52.9 Å². The van der Waals surface area contributed by atoms with Gasteiger partial charge in [0, 0.05) is 28.9 Å². The molecule has 0 aliphatic carbocycles. The van der Waals surface area contributed by atoms with Gasteiger partial charge in [-0.3, -0.25) is 0 Å². The second-order valence-electron chi connectivity index (χ2n) is 6.73. The molecule has 0 fully saturated rings. The lowest BCUT2D eigenvalue weighted by Gasteiger charge is -2.21. The van der Waals surface area contributed by atoms with Gasteiger partial charge >= 0.3 is 0 Å². The normalized spacial score (nSPS) is 12.7. The zero-order valence-electron chi connectivity index (χ0n) is 15.2. The van der Waals surface area contributed by atoms with Gasteiger partial charge in [0.05, 0.1) is 17.1 Å². The van der Waals surface area contributed by atoms with Crippen LogP contribution < -0.4 is 16.8 Å². The molecule has 5 heteroatoms. The van der Waals surface area contributed by atoms with Crippen LogP contribution in [0.15, 0.2) is 34.9 Å². The first-order valence-electron chi connectivity index (χ1n) is 8.64. The van der Waals surface area contributed by atoms with E-state index in [-0.39, 0.29) is 0 Å². The number of nitrogens with zero attached hydrogens (tertiary/aromatic N) is 1. The molecule has 0 saturated heterocycles. The molecule has 0 radical (unpaired) electrons. The van der Waals surface area contributed by atoms with Gasteiger partial charge in [0.1, 0.15) is 5.76 Å². The number of rotatable bonds is 2. The summed E-state index contributed by atoms with van der Waals surface area (Å²) in [6.07, 6.45) is 4.26. The van der Waals surface area contributed by atoms with Gasteiger partial charge in [-0.25, -0.2) is 0 Å². The van der Waals surface area contributed by atoms with E-state index in [1.165, 1.54) is 0 Å². The fourth-order valence-electron chi connectivity index (χ4n) is 3.68. The first-order chi connectivity index (χ1) is 12.5. The highest BCUT2D eigenvalue weighted by Crippen LogP contribution is 2.42. The number of benzene rings is 2. The predicted octanol–water partition coefficient (Wildman–Crippen LogP) is 4.54. The van der Waals surface area contributed by atoms with Gasteiger partial charge < -0.3 is 21.3 Å². The van der Waals surface area contributed by atoms with E-state index >= 15 is 0 Å². The summed E-state index contributed by atoms with van der Waals surface area (Å²) in [4.78, 5) is 0. The summed E-state index contributed by atoms with van der Waals surface area (Å²) >= 11 is 0. The van der Waals surface area contributed by atoms with E-state index in [1.54, 1.807) is 0 Å². The fraction of sp³-hybridized carbons (Fsp3) is 0.190. The molecule has 1 aromatic heterocycles. The van der Waals surface area contributed by atoms with Crippen LogP contribution in [0, 0.1) is 20.8 Å². The van der Waals surface area contributed by atoms with Crippen LogP contribution in [0.2, 0.25) is 0 Å². The number of aromatic nitrogens is 1. The molecular formula is C21H22N4O. The van der Waals surface area contributed by atoms with Gasteiger partial charge in [0.15, 0.2) is 0 Å². The number of fused-ring (bicyclic) bond motifs is 1. The quantitative estimate of drug-likeness (QED) is 0.593. The SMILES string of the molecule is Cc1ccc2c(c1-c1cc(-c3c(C)noc3C)cc(N)c1N)C=CCN2. The molecule has 5 N–H and O–H groups in total. The molecule has 1 aliphatic heterocycles. The molecule has 4 rings (SSSR count). The highest BCUT2D eigenvalue weighted by Gasteiger charge is 2.20. The molecule has 0 saturated carbocycles. The van der Waals surface area contributed by atoms with E-state index < -0.39 is 0 Å². The lowest BCUT2D eigenvalue weighted by molar-refractivity contribution is 0.393. The molecule has 0 amide bonds. The summed E-state index contributed by atoms with van der Waals surface area (Å²) in [6.45, 7) is 6.76. The average Bonchev–Trinajstić information content (AvgIpc) is 2.96. The van der Waals surface area contributed by atoms with Crippen LogP contribution in [0.4, 0.5) is 17.1 Å². The van der Waals surface area contributed by atoms with Crippen LogP contribution in [0.5, 0.6) is 0 Å². The molecule has 0 atom stereocenters. The maximum Gasteiger partial charge on any atom is 0.141 e. The van der Waals surface area contributed by atoms with Gasteiger partial charge in [-0.05, 0) is 55.7 Å². The Morgan fingerprint density at radius 3 is 2.62 bits per heavy atom. The van der Waals surface area contributed by atoms with Crippen molar-refractivity contribution in [2.24, 2.45) is 0 Å². The summed E-state index contributed by atoms with van der Waals surface area (Å²) in [6, 6.07) is 8.20. The number of aryl methyl sites for hydroxylation is 3. The Labute approximate surface area is 152 Å². The Balaban J connectivity index is 2.01. The predicted molar refractivity (Wildman–Crippen MR) is 108 cm³/mol. The highest BCUT2D eigenvalue weighted by atomic mass is 16.5. The summed E-state index contributed by atoms with van der Waals surface area (Å²) in [5.41, 5.74) is 22.0. The van der Waals surface area contributed by atoms with Crippen molar-refractivity contribution in [1.29, 1.82) is 0 Å². The maximum absolute atomic E-state index is 6.41. The Morgan fingerprint density at radius 1 is 1.08 bits per heavy atom. The Kier molecular flexibility index (Phi) is 3.72. The van der Waals surface area contributed by atoms with Crippen molar-refractivity contribution in [2.45, 2.75) is 20.8 Å². The number of nitrogens with one attached hydrogen (secondary N) is 1. The van der Waals surface area contributed by atoms with Crippen LogP contribution in [0.3, 0.4) is 0 Å². The summed E-state index contributed by atoms with van der Waals surface area (Å²) in [5, 5.41) is 7.48. The number of nitrogens with two attached hydrogens (primary N) is 2. The first-order valence-corrected chi connectivity index (χ1v) is 8.64. The summed E-state index contributed by atoms with van der Waals surface area (Å²) in [7, 11) is 0. The topological polar surface area (TPSA) is 90.1 Å². The van der Waals surface area contributed by atoms with Crippen LogP contribution in [-0.4, -0.2) is 11.7 Å².